The lowest BCUT2D eigenvalue weighted by Crippen LogP contribution is -2.14. The van der Waals surface area contributed by atoms with Crippen LogP contribution in [-0.2, 0) is 13.0 Å². The molecule has 3 heteroatoms. The van der Waals surface area contributed by atoms with E-state index in [1.807, 2.05) is 6.07 Å². The predicted molar refractivity (Wildman–Crippen MR) is 73.8 cm³/mol. The summed E-state index contributed by atoms with van der Waals surface area (Å²) in [6.07, 6.45) is 0.813. The molecule has 92 valence electrons. The van der Waals surface area contributed by atoms with E-state index in [4.69, 9.17) is 0 Å². The van der Waals surface area contributed by atoms with Gasteiger partial charge in [0.2, 0.25) is 0 Å². The Morgan fingerprint density at radius 2 is 2.06 bits per heavy atom. The molecule has 0 fully saturated rings. The molecule has 2 aromatic carbocycles. The van der Waals surface area contributed by atoms with Crippen LogP contribution in [0.3, 0.4) is 0 Å². The first-order chi connectivity index (χ1) is 8.72. The van der Waals surface area contributed by atoms with Crippen molar-refractivity contribution in [3.8, 4) is 0 Å². The zero-order chi connectivity index (χ0) is 12.5. The third kappa shape index (κ3) is 2.33. The molecule has 0 spiro atoms. The molecule has 0 aliphatic carbocycles. The van der Waals surface area contributed by atoms with Gasteiger partial charge in [-0.1, -0.05) is 40.2 Å². The van der Waals surface area contributed by atoms with E-state index in [1.165, 1.54) is 17.2 Å². The summed E-state index contributed by atoms with van der Waals surface area (Å²) in [5.74, 6) is -0.189. The smallest absolute Gasteiger partial charge is 0.124 e. The van der Waals surface area contributed by atoms with Crippen LogP contribution >= 0.6 is 15.9 Å². The largest absolute Gasteiger partial charge is 0.306 e. The number of rotatable bonds is 2. The molecular weight excluding hydrogens is 293 g/mol. The van der Waals surface area contributed by atoms with Gasteiger partial charge in [0.1, 0.15) is 5.82 Å². The number of hydrogen-bond donors (Lipinski definition) is 1. The van der Waals surface area contributed by atoms with Gasteiger partial charge in [-0.25, -0.2) is 4.39 Å². The second-order valence-corrected chi connectivity index (χ2v) is 5.53. The van der Waals surface area contributed by atoms with Crippen molar-refractivity contribution in [2.24, 2.45) is 0 Å². The van der Waals surface area contributed by atoms with Crippen molar-refractivity contribution in [2.75, 3.05) is 0 Å². The minimum atomic E-state index is -0.189. The Labute approximate surface area is 114 Å². The average molecular weight is 306 g/mol. The monoisotopic (exact) mass is 305 g/mol. The summed E-state index contributed by atoms with van der Waals surface area (Å²) in [5, 5.41) is 3.47. The van der Waals surface area contributed by atoms with Crippen LogP contribution in [0.1, 0.15) is 22.7 Å². The fourth-order valence-electron chi connectivity index (χ4n) is 2.52. The van der Waals surface area contributed by atoms with Crippen LogP contribution in [-0.4, -0.2) is 0 Å². The lowest BCUT2D eigenvalue weighted by molar-refractivity contribution is 0.575. The second-order valence-electron chi connectivity index (χ2n) is 4.61. The Morgan fingerprint density at radius 1 is 1.22 bits per heavy atom. The van der Waals surface area contributed by atoms with E-state index in [0.717, 1.165) is 23.0 Å². The van der Waals surface area contributed by atoms with Crippen LogP contribution in [0.2, 0.25) is 0 Å². The topological polar surface area (TPSA) is 12.0 Å². The quantitative estimate of drug-likeness (QED) is 0.885. The third-order valence-corrected chi connectivity index (χ3v) is 3.79. The highest BCUT2D eigenvalue weighted by Gasteiger charge is 2.21. The van der Waals surface area contributed by atoms with Crippen molar-refractivity contribution in [1.82, 2.24) is 5.32 Å². The first kappa shape index (κ1) is 11.9. The third-order valence-electron chi connectivity index (χ3n) is 3.33. The van der Waals surface area contributed by atoms with Gasteiger partial charge >= 0.3 is 0 Å². The standard InChI is InChI=1S/C15H13BrFN/c16-12-5-10(6-13(17)8-12)7-15-14-4-2-1-3-11(14)9-18-15/h1-6,8,15,18H,7,9H2. The van der Waals surface area contributed by atoms with Crippen LogP contribution < -0.4 is 5.32 Å². The van der Waals surface area contributed by atoms with Crippen LogP contribution in [0.15, 0.2) is 46.9 Å². The minimum absolute atomic E-state index is 0.189. The van der Waals surface area contributed by atoms with Crippen molar-refractivity contribution in [3.63, 3.8) is 0 Å². The predicted octanol–water partition coefficient (Wildman–Crippen LogP) is 3.98. The van der Waals surface area contributed by atoms with Crippen LogP contribution in [0, 0.1) is 5.82 Å². The molecule has 0 aromatic heterocycles. The number of halogens is 2. The van der Waals surface area contributed by atoms with Crippen LogP contribution in [0.5, 0.6) is 0 Å². The van der Waals surface area contributed by atoms with E-state index in [1.54, 1.807) is 6.07 Å². The van der Waals surface area contributed by atoms with Gasteiger partial charge in [-0.3, -0.25) is 0 Å². The number of nitrogens with one attached hydrogen (secondary N) is 1. The summed E-state index contributed by atoms with van der Waals surface area (Å²) in [6, 6.07) is 13.8. The highest BCUT2D eigenvalue weighted by atomic mass is 79.9. The van der Waals surface area contributed by atoms with Gasteiger partial charge in [0.05, 0.1) is 0 Å². The van der Waals surface area contributed by atoms with E-state index >= 15 is 0 Å². The van der Waals surface area contributed by atoms with Crippen molar-refractivity contribution in [2.45, 2.75) is 19.0 Å². The van der Waals surface area contributed by atoms with E-state index in [9.17, 15) is 4.39 Å². The lowest BCUT2D eigenvalue weighted by atomic mass is 9.99. The van der Waals surface area contributed by atoms with Gasteiger partial charge in [0.15, 0.2) is 0 Å². The van der Waals surface area contributed by atoms with Gasteiger partial charge in [-0.2, -0.15) is 0 Å². The molecule has 1 N–H and O–H groups in total. The summed E-state index contributed by atoms with van der Waals surface area (Å²) >= 11 is 3.33. The number of fused-ring (bicyclic) bond motifs is 1. The Kier molecular flexibility index (Phi) is 3.18. The molecule has 1 nitrogen and oxygen atoms in total. The van der Waals surface area contributed by atoms with Gasteiger partial charge in [-0.15, -0.1) is 0 Å². The maximum atomic E-state index is 13.3. The molecule has 1 aliphatic rings. The van der Waals surface area contributed by atoms with Crippen molar-refractivity contribution in [1.29, 1.82) is 0 Å². The fraction of sp³-hybridized carbons (Fsp3) is 0.200. The molecule has 2 aromatic rings. The number of hydrogen-bond acceptors (Lipinski definition) is 1. The zero-order valence-electron chi connectivity index (χ0n) is 9.79. The Morgan fingerprint density at radius 3 is 2.89 bits per heavy atom. The van der Waals surface area contributed by atoms with Crippen molar-refractivity contribution in [3.05, 3.63) is 69.4 Å². The van der Waals surface area contributed by atoms with E-state index in [2.05, 4.69) is 45.5 Å². The van der Waals surface area contributed by atoms with E-state index in [-0.39, 0.29) is 11.9 Å². The van der Waals surface area contributed by atoms with Crippen LogP contribution in [0.4, 0.5) is 4.39 Å². The molecule has 1 aliphatic heterocycles. The zero-order valence-corrected chi connectivity index (χ0v) is 11.4. The highest BCUT2D eigenvalue weighted by molar-refractivity contribution is 9.10. The Bertz CT molecular complexity index is 562. The summed E-state index contributed by atoms with van der Waals surface area (Å²) in [4.78, 5) is 0. The molecule has 1 atom stereocenters. The molecule has 0 amide bonds. The molecule has 3 rings (SSSR count). The Hall–Kier alpha value is -1.19. The molecule has 1 heterocycles. The highest BCUT2D eigenvalue weighted by Crippen LogP contribution is 2.28. The SMILES string of the molecule is Fc1cc(Br)cc(CC2NCc3ccccc32)c1. The molecule has 0 radical (unpaired) electrons. The second kappa shape index (κ2) is 4.82. The van der Waals surface area contributed by atoms with Gasteiger partial charge in [0, 0.05) is 17.1 Å². The molecule has 0 saturated heterocycles. The molecule has 18 heavy (non-hydrogen) atoms. The van der Waals surface area contributed by atoms with Gasteiger partial charge < -0.3 is 5.32 Å². The Balaban J connectivity index is 1.86. The van der Waals surface area contributed by atoms with Gasteiger partial charge in [0.25, 0.3) is 0 Å². The molecule has 0 bridgehead atoms. The average Bonchev–Trinajstić information content (AvgIpc) is 2.72. The van der Waals surface area contributed by atoms with E-state index in [0.29, 0.717) is 0 Å². The van der Waals surface area contributed by atoms with Crippen molar-refractivity contribution >= 4 is 15.9 Å². The van der Waals surface area contributed by atoms with Crippen molar-refractivity contribution < 1.29 is 4.39 Å². The first-order valence-electron chi connectivity index (χ1n) is 5.98. The minimum Gasteiger partial charge on any atom is -0.306 e. The summed E-state index contributed by atoms with van der Waals surface area (Å²) < 4.78 is 14.1. The molecule has 0 saturated carbocycles. The van der Waals surface area contributed by atoms with Crippen LogP contribution in [0.25, 0.3) is 0 Å². The molecule has 1 unspecified atom stereocenters. The fourth-order valence-corrected chi connectivity index (χ4v) is 3.04. The summed E-state index contributed by atoms with van der Waals surface area (Å²) in [6.45, 7) is 0.900. The summed E-state index contributed by atoms with van der Waals surface area (Å²) in [7, 11) is 0. The first-order valence-corrected chi connectivity index (χ1v) is 6.78. The number of benzene rings is 2. The van der Waals surface area contributed by atoms with E-state index < -0.39 is 0 Å². The maximum Gasteiger partial charge on any atom is 0.124 e. The summed E-state index contributed by atoms with van der Waals surface area (Å²) in [5.41, 5.74) is 3.69. The maximum absolute atomic E-state index is 13.3. The normalized spacial score (nSPS) is 17.8. The van der Waals surface area contributed by atoms with Gasteiger partial charge in [-0.05, 0) is 41.3 Å². The molecular formula is C15H13BrFN. The lowest BCUT2D eigenvalue weighted by Gasteiger charge is -2.12.